The average Bonchev–Trinajstić information content (AvgIpc) is 3.61. The molecule has 12 heteroatoms. The average molecular weight is 681 g/mol. The molecule has 3 aromatic carbocycles. The lowest BCUT2D eigenvalue weighted by molar-refractivity contribution is -0.253. The van der Waals surface area contributed by atoms with E-state index in [-0.39, 0.29) is 38.3 Å². The summed E-state index contributed by atoms with van der Waals surface area (Å²) >= 11 is 0. The fraction of sp³-hybridized carbons (Fsp3) is 0.459. The van der Waals surface area contributed by atoms with Gasteiger partial charge in [-0.05, 0) is 35.1 Å². The summed E-state index contributed by atoms with van der Waals surface area (Å²) in [4.78, 5) is 30.1. The Morgan fingerprint density at radius 1 is 0.796 bits per heavy atom. The number of nitrogens with zero attached hydrogens (tertiary/aromatic N) is 3. The van der Waals surface area contributed by atoms with Gasteiger partial charge in [-0.1, -0.05) is 78.9 Å². The topological polar surface area (TPSA) is 94.6 Å². The first-order valence-corrected chi connectivity index (χ1v) is 16.9. The highest BCUT2D eigenvalue weighted by Gasteiger charge is 2.47. The molecule has 3 saturated heterocycles. The van der Waals surface area contributed by atoms with Crippen LogP contribution in [0.25, 0.3) is 0 Å². The molecule has 4 atom stereocenters. The Balaban J connectivity index is 1.07. The van der Waals surface area contributed by atoms with Gasteiger partial charge in [0.15, 0.2) is 6.29 Å². The Morgan fingerprint density at radius 2 is 1.45 bits per heavy atom. The van der Waals surface area contributed by atoms with Crippen molar-refractivity contribution < 1.29 is 37.3 Å². The minimum absolute atomic E-state index is 0.0339. The van der Waals surface area contributed by atoms with Crippen LogP contribution >= 0.6 is 0 Å². The number of hydrogen-bond donors (Lipinski definition) is 2. The van der Waals surface area contributed by atoms with Gasteiger partial charge in [0.05, 0.1) is 18.8 Å². The zero-order chi connectivity index (χ0) is 34.4. The standard InChI is InChI=1S/C37H43F3N4O5/c38-37(39,40)36(47)44-16-4-7-32(44)34(46)41-22-26-8-14-30(15-9-26)35-48-31(21-33(49-35)29-12-10-28(25-45)11-13-29)24-43-19-17-42(18-20-43)23-27-5-2-1-3-6-27/h1-3,5-6,8-15,31-33,35,45H,4,7,16-25H2,(H,41,46)/t31-,32+,33+,35+/m1/s1. The van der Waals surface area contributed by atoms with Crippen LogP contribution in [0.5, 0.6) is 0 Å². The number of ether oxygens (including phenoxy) is 2. The fourth-order valence-corrected chi connectivity index (χ4v) is 6.84. The Bertz CT molecular complexity index is 1530. The van der Waals surface area contributed by atoms with Gasteiger partial charge in [-0.25, -0.2) is 0 Å². The predicted octanol–water partition coefficient (Wildman–Crippen LogP) is 4.71. The second-order valence-corrected chi connectivity index (χ2v) is 13.0. The third-order valence-electron chi connectivity index (χ3n) is 9.57. The normalized spacial score (nSPS) is 23.8. The maximum absolute atomic E-state index is 13.0. The SMILES string of the molecule is O=C(NCc1ccc([C@H]2O[C@@H](CN3CCN(Cc4ccccc4)CC3)C[C@@H](c3ccc(CO)cc3)O2)cc1)[C@@H]1CCCN1C(=O)C(F)(F)F. The third kappa shape index (κ3) is 9.06. The third-order valence-corrected chi connectivity index (χ3v) is 9.57. The molecule has 6 rings (SSSR count). The van der Waals surface area contributed by atoms with E-state index < -0.39 is 30.3 Å². The van der Waals surface area contributed by atoms with Crippen LogP contribution in [0.3, 0.4) is 0 Å². The molecule has 3 aromatic rings. The highest BCUT2D eigenvalue weighted by Crippen LogP contribution is 2.38. The van der Waals surface area contributed by atoms with Gasteiger partial charge in [0.1, 0.15) is 6.04 Å². The van der Waals surface area contributed by atoms with Crippen molar-refractivity contribution >= 4 is 11.8 Å². The van der Waals surface area contributed by atoms with Crippen LogP contribution in [-0.2, 0) is 38.8 Å². The second kappa shape index (κ2) is 15.8. The van der Waals surface area contributed by atoms with Gasteiger partial charge < -0.3 is 24.8 Å². The van der Waals surface area contributed by atoms with Gasteiger partial charge >= 0.3 is 12.1 Å². The maximum Gasteiger partial charge on any atom is 0.471 e. The molecule has 3 heterocycles. The molecule has 0 radical (unpaired) electrons. The van der Waals surface area contributed by atoms with Crippen molar-refractivity contribution in [1.29, 1.82) is 0 Å². The number of hydrogen-bond acceptors (Lipinski definition) is 7. The second-order valence-electron chi connectivity index (χ2n) is 13.0. The van der Waals surface area contributed by atoms with Crippen LogP contribution in [0.2, 0.25) is 0 Å². The van der Waals surface area contributed by atoms with Crippen molar-refractivity contribution in [3.05, 3.63) is 107 Å². The molecule has 9 nitrogen and oxygen atoms in total. The van der Waals surface area contributed by atoms with Gasteiger partial charge in [0.25, 0.3) is 0 Å². The summed E-state index contributed by atoms with van der Waals surface area (Å²) in [5.74, 6) is -2.58. The molecular formula is C37H43F3N4O5. The Labute approximate surface area is 284 Å². The quantitative estimate of drug-likeness (QED) is 0.321. The van der Waals surface area contributed by atoms with E-state index in [1.54, 1.807) is 0 Å². The van der Waals surface area contributed by atoms with Crippen LogP contribution < -0.4 is 5.32 Å². The fourth-order valence-electron chi connectivity index (χ4n) is 6.84. The van der Waals surface area contributed by atoms with Gasteiger partial charge in [-0.2, -0.15) is 13.2 Å². The predicted molar refractivity (Wildman–Crippen MR) is 176 cm³/mol. The molecule has 0 unspecified atom stereocenters. The Kier molecular flexibility index (Phi) is 11.3. The number of likely N-dealkylation sites (tertiary alicyclic amines) is 1. The van der Waals surface area contributed by atoms with E-state index in [9.17, 15) is 27.9 Å². The van der Waals surface area contributed by atoms with Crippen molar-refractivity contribution in [1.82, 2.24) is 20.0 Å². The summed E-state index contributed by atoms with van der Waals surface area (Å²) < 4.78 is 52.0. The number of rotatable bonds is 10. The summed E-state index contributed by atoms with van der Waals surface area (Å²) in [6.45, 7) is 5.52. The molecule has 3 aliphatic rings. The number of nitrogens with one attached hydrogen (secondary N) is 1. The molecule has 2 N–H and O–H groups in total. The largest absolute Gasteiger partial charge is 0.471 e. The lowest BCUT2D eigenvalue weighted by Crippen LogP contribution is -2.50. The number of aliphatic hydroxyl groups is 1. The number of amides is 2. The van der Waals surface area contributed by atoms with Crippen LogP contribution in [0, 0.1) is 0 Å². The van der Waals surface area contributed by atoms with Crippen LogP contribution in [0.4, 0.5) is 13.2 Å². The summed E-state index contributed by atoms with van der Waals surface area (Å²) in [6, 6.07) is 24.5. The minimum Gasteiger partial charge on any atom is -0.392 e. The van der Waals surface area contributed by atoms with Crippen LogP contribution in [-0.4, -0.2) is 89.2 Å². The molecule has 0 spiro atoms. The van der Waals surface area contributed by atoms with Gasteiger partial charge in [-0.3, -0.25) is 19.4 Å². The highest BCUT2D eigenvalue weighted by atomic mass is 19.4. The summed E-state index contributed by atoms with van der Waals surface area (Å²) in [5, 5.41) is 12.2. The van der Waals surface area contributed by atoms with E-state index in [1.165, 1.54) is 5.56 Å². The number of halogens is 3. The van der Waals surface area contributed by atoms with Crippen molar-refractivity contribution in [2.75, 3.05) is 39.3 Å². The molecular weight excluding hydrogens is 637 g/mol. The van der Waals surface area contributed by atoms with Crippen molar-refractivity contribution in [2.45, 2.75) is 69.7 Å². The van der Waals surface area contributed by atoms with E-state index in [0.29, 0.717) is 17.7 Å². The summed E-state index contributed by atoms with van der Waals surface area (Å²) in [5.41, 5.74) is 4.70. The molecule has 0 aliphatic carbocycles. The van der Waals surface area contributed by atoms with Gasteiger partial charge in [0, 0.05) is 64.3 Å². The highest BCUT2D eigenvalue weighted by molar-refractivity contribution is 5.90. The first-order chi connectivity index (χ1) is 23.7. The van der Waals surface area contributed by atoms with Crippen molar-refractivity contribution in [3.63, 3.8) is 0 Å². The summed E-state index contributed by atoms with van der Waals surface area (Å²) in [6.07, 6.45) is -4.74. The molecule has 3 aliphatic heterocycles. The van der Waals surface area contributed by atoms with E-state index in [0.717, 1.165) is 61.5 Å². The van der Waals surface area contributed by atoms with E-state index in [1.807, 2.05) is 54.6 Å². The lowest BCUT2D eigenvalue weighted by atomic mass is 9.99. The molecule has 0 aromatic heterocycles. The smallest absolute Gasteiger partial charge is 0.392 e. The zero-order valence-corrected chi connectivity index (χ0v) is 27.4. The molecule has 3 fully saturated rings. The van der Waals surface area contributed by atoms with E-state index in [2.05, 4.69) is 39.4 Å². The maximum atomic E-state index is 13.0. The first kappa shape index (κ1) is 35.0. The number of benzene rings is 3. The summed E-state index contributed by atoms with van der Waals surface area (Å²) in [7, 11) is 0. The molecule has 2 amide bonds. The Morgan fingerprint density at radius 3 is 2.12 bits per heavy atom. The molecule has 262 valence electrons. The molecule has 49 heavy (non-hydrogen) atoms. The van der Waals surface area contributed by atoms with Crippen molar-refractivity contribution in [2.24, 2.45) is 0 Å². The van der Waals surface area contributed by atoms with Gasteiger partial charge in [0.2, 0.25) is 5.91 Å². The number of carbonyl (C=O) groups excluding carboxylic acids is 2. The number of carbonyl (C=O) groups is 2. The number of aliphatic hydroxyl groups excluding tert-OH is 1. The zero-order valence-electron chi connectivity index (χ0n) is 27.4. The monoisotopic (exact) mass is 680 g/mol. The number of alkyl halides is 3. The van der Waals surface area contributed by atoms with Crippen LogP contribution in [0.1, 0.15) is 59.5 Å². The van der Waals surface area contributed by atoms with E-state index in [4.69, 9.17) is 9.47 Å². The van der Waals surface area contributed by atoms with E-state index >= 15 is 0 Å². The first-order valence-electron chi connectivity index (χ1n) is 16.9. The Hall–Kier alpha value is -3.81. The number of piperazine rings is 1. The van der Waals surface area contributed by atoms with Gasteiger partial charge in [-0.15, -0.1) is 0 Å². The lowest BCUT2D eigenvalue weighted by Gasteiger charge is -2.40. The van der Waals surface area contributed by atoms with Crippen molar-refractivity contribution in [3.8, 4) is 0 Å². The molecule has 0 saturated carbocycles. The van der Waals surface area contributed by atoms with Crippen LogP contribution in [0.15, 0.2) is 78.9 Å². The molecule has 0 bridgehead atoms. The minimum atomic E-state index is -5.01.